The van der Waals surface area contributed by atoms with Crippen molar-refractivity contribution in [2.24, 2.45) is 0 Å². The number of hydrogen-bond acceptors (Lipinski definition) is 7. The van der Waals surface area contributed by atoms with Crippen LogP contribution in [-0.4, -0.2) is 53.7 Å². The van der Waals surface area contributed by atoms with Gasteiger partial charge >= 0.3 is 0 Å². The highest BCUT2D eigenvalue weighted by molar-refractivity contribution is 7.92. The fourth-order valence-corrected chi connectivity index (χ4v) is 5.34. The lowest BCUT2D eigenvalue weighted by Gasteiger charge is -2.26. The summed E-state index contributed by atoms with van der Waals surface area (Å²) in [7, 11) is -2.12. The largest absolute Gasteiger partial charge is 0.496 e. The smallest absolute Gasteiger partial charge is 0.185 e. The van der Waals surface area contributed by atoms with E-state index < -0.39 is 20.9 Å². The zero-order valence-electron chi connectivity index (χ0n) is 18.0. The van der Waals surface area contributed by atoms with Crippen LogP contribution < -0.4 is 4.74 Å². The van der Waals surface area contributed by atoms with E-state index in [1.54, 1.807) is 30.7 Å². The Hall–Kier alpha value is -3.37. The molecule has 10 heteroatoms. The fraction of sp³-hybridized carbons (Fsp3) is 0.261. The molecule has 8 nitrogen and oxygen atoms in total. The van der Waals surface area contributed by atoms with E-state index in [9.17, 15) is 12.8 Å². The van der Waals surface area contributed by atoms with Crippen molar-refractivity contribution in [2.45, 2.75) is 23.6 Å². The van der Waals surface area contributed by atoms with E-state index in [0.717, 1.165) is 5.56 Å². The number of rotatable bonds is 6. The first-order chi connectivity index (χ1) is 15.9. The molecular weight excluding hydrogens is 447 g/mol. The molecular formula is C23H21FN4O4S. The Kier molecular flexibility index (Phi) is 5.34. The maximum atomic E-state index is 14.9. The van der Waals surface area contributed by atoms with Crippen molar-refractivity contribution in [3.8, 4) is 28.0 Å². The first kappa shape index (κ1) is 21.5. The Morgan fingerprint density at radius 3 is 2.67 bits per heavy atom. The van der Waals surface area contributed by atoms with Gasteiger partial charge in [0.1, 0.15) is 22.3 Å². The van der Waals surface area contributed by atoms with Gasteiger partial charge in [-0.15, -0.1) is 5.10 Å². The molecule has 0 amide bonds. The third-order valence-corrected chi connectivity index (χ3v) is 7.92. The van der Waals surface area contributed by atoms with Crippen LogP contribution in [0.25, 0.3) is 33.4 Å². The number of hydrogen-bond donors (Lipinski definition) is 0. The maximum absolute atomic E-state index is 14.9. The lowest BCUT2D eigenvalue weighted by Crippen LogP contribution is -2.40. The number of fused-ring (bicyclic) bond motifs is 1. The highest BCUT2D eigenvalue weighted by Gasteiger charge is 2.34. The second kappa shape index (κ2) is 8.20. The molecule has 0 unspecified atom stereocenters. The standard InChI is InChI=1S/C23H21FN4O4S/c1-3-28-13-25-22-19(10-26-27-23(22)28)14-4-7-20(24)18(8-14)17-6-5-15(9-21(17)31-2)33(29,30)16-11-32-12-16/h4-10,13,16H,3,11-12H2,1-2H3. The number of nitrogens with zero attached hydrogens (tertiary/aromatic N) is 4. The molecule has 170 valence electrons. The minimum absolute atomic E-state index is 0.123. The Morgan fingerprint density at radius 2 is 1.97 bits per heavy atom. The highest BCUT2D eigenvalue weighted by atomic mass is 32.2. The van der Waals surface area contributed by atoms with E-state index in [4.69, 9.17) is 9.47 Å². The van der Waals surface area contributed by atoms with E-state index in [0.29, 0.717) is 28.8 Å². The number of imidazole rings is 1. The van der Waals surface area contributed by atoms with Gasteiger partial charge in [-0.2, -0.15) is 5.10 Å². The molecule has 1 aliphatic heterocycles. The number of aryl methyl sites for hydroxylation is 1. The Balaban J connectivity index is 1.61. The molecule has 0 spiro atoms. The molecule has 1 fully saturated rings. The van der Waals surface area contributed by atoms with E-state index in [-0.39, 0.29) is 29.4 Å². The van der Waals surface area contributed by atoms with Crippen molar-refractivity contribution in [1.82, 2.24) is 19.7 Å². The summed E-state index contributed by atoms with van der Waals surface area (Å²) in [6.07, 6.45) is 3.29. The van der Waals surface area contributed by atoms with Crippen LogP contribution in [0.3, 0.4) is 0 Å². The van der Waals surface area contributed by atoms with Crippen LogP contribution in [0.2, 0.25) is 0 Å². The monoisotopic (exact) mass is 468 g/mol. The third kappa shape index (κ3) is 3.55. The summed E-state index contributed by atoms with van der Waals surface area (Å²) in [6.45, 7) is 3.03. The number of halogens is 1. The number of ether oxygens (including phenoxy) is 2. The van der Waals surface area contributed by atoms with Gasteiger partial charge in [-0.25, -0.2) is 17.8 Å². The van der Waals surface area contributed by atoms with E-state index in [2.05, 4.69) is 15.2 Å². The van der Waals surface area contributed by atoms with Crippen molar-refractivity contribution >= 4 is 21.0 Å². The fourth-order valence-electron chi connectivity index (χ4n) is 3.87. The summed E-state index contributed by atoms with van der Waals surface area (Å²) < 4.78 is 52.8. The van der Waals surface area contributed by atoms with Gasteiger partial charge in [0.15, 0.2) is 15.5 Å². The molecule has 5 rings (SSSR count). The minimum atomic E-state index is -3.54. The van der Waals surface area contributed by atoms with Crippen molar-refractivity contribution in [3.63, 3.8) is 0 Å². The topological polar surface area (TPSA) is 96.2 Å². The minimum Gasteiger partial charge on any atom is -0.496 e. The first-order valence-electron chi connectivity index (χ1n) is 10.4. The Labute approximate surface area is 189 Å². The lowest BCUT2D eigenvalue weighted by molar-refractivity contribution is 0.0416. The van der Waals surface area contributed by atoms with Crippen molar-refractivity contribution in [2.75, 3.05) is 20.3 Å². The van der Waals surface area contributed by atoms with Crippen LogP contribution in [0.5, 0.6) is 5.75 Å². The van der Waals surface area contributed by atoms with E-state index in [1.807, 2.05) is 11.5 Å². The number of sulfone groups is 1. The van der Waals surface area contributed by atoms with Crippen LogP contribution in [0.4, 0.5) is 4.39 Å². The zero-order chi connectivity index (χ0) is 23.2. The van der Waals surface area contributed by atoms with Gasteiger partial charge in [-0.3, -0.25) is 0 Å². The molecule has 33 heavy (non-hydrogen) atoms. The maximum Gasteiger partial charge on any atom is 0.185 e. The summed E-state index contributed by atoms with van der Waals surface area (Å²) in [5.74, 6) is -0.196. The first-order valence-corrected chi connectivity index (χ1v) is 11.9. The summed E-state index contributed by atoms with van der Waals surface area (Å²) in [5.41, 5.74) is 3.46. The van der Waals surface area contributed by atoms with Crippen LogP contribution in [-0.2, 0) is 21.1 Å². The van der Waals surface area contributed by atoms with Crippen LogP contribution in [0.1, 0.15) is 6.92 Å². The van der Waals surface area contributed by atoms with E-state index >= 15 is 0 Å². The van der Waals surface area contributed by atoms with E-state index in [1.165, 1.54) is 25.3 Å². The zero-order valence-corrected chi connectivity index (χ0v) is 18.8. The van der Waals surface area contributed by atoms with Gasteiger partial charge < -0.3 is 14.0 Å². The molecule has 0 atom stereocenters. The lowest BCUT2D eigenvalue weighted by atomic mass is 9.98. The summed E-state index contributed by atoms with van der Waals surface area (Å²) in [6, 6.07) is 9.19. The van der Waals surface area contributed by atoms with Gasteiger partial charge in [-0.1, -0.05) is 6.07 Å². The molecule has 3 heterocycles. The quantitative estimate of drug-likeness (QED) is 0.427. The SMILES string of the molecule is CCn1cnc2c(-c3ccc(F)c(-c4ccc(S(=O)(=O)C5COC5)cc4OC)c3)cnnc21. The second-order valence-electron chi connectivity index (χ2n) is 7.72. The number of methoxy groups -OCH3 is 1. The molecule has 0 aliphatic carbocycles. The van der Waals surface area contributed by atoms with Crippen molar-refractivity contribution in [3.05, 3.63) is 54.7 Å². The molecule has 1 saturated heterocycles. The van der Waals surface area contributed by atoms with Crippen molar-refractivity contribution < 1.29 is 22.3 Å². The van der Waals surface area contributed by atoms with Gasteiger partial charge in [0, 0.05) is 23.2 Å². The number of benzene rings is 2. The third-order valence-electron chi connectivity index (χ3n) is 5.86. The molecule has 0 saturated carbocycles. The molecule has 4 aromatic rings. The van der Waals surface area contributed by atoms with Crippen LogP contribution in [0.15, 0.2) is 53.8 Å². The van der Waals surface area contributed by atoms with Gasteiger partial charge in [-0.05, 0) is 42.8 Å². The molecule has 0 bridgehead atoms. The highest BCUT2D eigenvalue weighted by Crippen LogP contribution is 2.37. The number of aromatic nitrogens is 4. The second-order valence-corrected chi connectivity index (χ2v) is 9.95. The summed E-state index contributed by atoms with van der Waals surface area (Å²) in [5, 5.41) is 7.69. The molecule has 1 aliphatic rings. The normalized spacial score (nSPS) is 14.4. The Morgan fingerprint density at radius 1 is 1.15 bits per heavy atom. The average Bonchev–Trinajstić information content (AvgIpc) is 3.21. The van der Waals surface area contributed by atoms with Crippen LogP contribution >= 0.6 is 0 Å². The summed E-state index contributed by atoms with van der Waals surface area (Å²) in [4.78, 5) is 4.58. The van der Waals surface area contributed by atoms with Gasteiger partial charge in [0.2, 0.25) is 0 Å². The summed E-state index contributed by atoms with van der Waals surface area (Å²) >= 11 is 0. The molecule has 0 N–H and O–H groups in total. The predicted octanol–water partition coefficient (Wildman–Crippen LogP) is 3.50. The van der Waals surface area contributed by atoms with Gasteiger partial charge in [0.05, 0.1) is 37.7 Å². The molecule has 2 aromatic heterocycles. The predicted molar refractivity (Wildman–Crippen MR) is 120 cm³/mol. The van der Waals surface area contributed by atoms with Crippen molar-refractivity contribution in [1.29, 1.82) is 0 Å². The Bertz CT molecular complexity index is 1460. The van der Waals surface area contributed by atoms with Crippen LogP contribution in [0, 0.1) is 5.82 Å². The average molecular weight is 469 g/mol. The molecule has 2 aromatic carbocycles. The molecule has 0 radical (unpaired) electrons. The van der Waals surface area contributed by atoms with Gasteiger partial charge in [0.25, 0.3) is 0 Å².